The molecule has 0 aliphatic heterocycles. The molecule has 0 saturated carbocycles. The van der Waals surface area contributed by atoms with E-state index in [0.717, 1.165) is 23.3 Å². The van der Waals surface area contributed by atoms with E-state index in [-0.39, 0.29) is 6.04 Å². The molecule has 2 aromatic heterocycles. The molecular formula is C16H15ClN2O. The number of pyridine rings is 1. The summed E-state index contributed by atoms with van der Waals surface area (Å²) in [4.78, 5) is 4.33. The zero-order valence-electron chi connectivity index (χ0n) is 11.1. The minimum atomic E-state index is -0.0499. The molecule has 4 heteroatoms. The molecule has 3 nitrogen and oxygen atoms in total. The van der Waals surface area contributed by atoms with Crippen molar-refractivity contribution in [1.29, 1.82) is 0 Å². The standard InChI is InChI=1S/C16H15ClN2O/c1-2-19-16(14-7-8-15(17)20-14)13-10-18-9-11-5-3-4-6-12(11)13/h3-10,16,19H,2H2,1H3. The molecule has 0 aliphatic rings. The lowest BCUT2D eigenvalue weighted by molar-refractivity contribution is 0.454. The SMILES string of the molecule is CCNC(c1ccc(Cl)o1)c1cncc2ccccc12. The highest BCUT2D eigenvalue weighted by Crippen LogP contribution is 2.30. The van der Waals surface area contributed by atoms with Crippen LogP contribution in [0.4, 0.5) is 0 Å². The number of rotatable bonds is 4. The second kappa shape index (κ2) is 5.65. The van der Waals surface area contributed by atoms with Crippen molar-refractivity contribution in [2.24, 2.45) is 0 Å². The van der Waals surface area contributed by atoms with Crippen LogP contribution in [0.2, 0.25) is 5.22 Å². The van der Waals surface area contributed by atoms with Crippen LogP contribution >= 0.6 is 11.6 Å². The number of furan rings is 1. The van der Waals surface area contributed by atoms with Crippen molar-refractivity contribution in [3.63, 3.8) is 0 Å². The van der Waals surface area contributed by atoms with E-state index in [1.165, 1.54) is 5.39 Å². The molecule has 1 atom stereocenters. The Hall–Kier alpha value is -1.84. The minimum absolute atomic E-state index is 0.0499. The van der Waals surface area contributed by atoms with Crippen molar-refractivity contribution in [1.82, 2.24) is 10.3 Å². The Labute approximate surface area is 122 Å². The van der Waals surface area contributed by atoms with Crippen molar-refractivity contribution in [3.05, 3.63) is 65.3 Å². The quantitative estimate of drug-likeness (QED) is 0.782. The fraction of sp³-hybridized carbons (Fsp3) is 0.188. The first kappa shape index (κ1) is 13.2. The van der Waals surface area contributed by atoms with E-state index in [1.807, 2.05) is 30.6 Å². The zero-order chi connectivity index (χ0) is 13.9. The number of nitrogens with one attached hydrogen (secondary N) is 1. The normalized spacial score (nSPS) is 12.7. The summed E-state index contributed by atoms with van der Waals surface area (Å²) in [6, 6.07) is 11.8. The predicted molar refractivity (Wildman–Crippen MR) is 81.0 cm³/mol. The zero-order valence-corrected chi connectivity index (χ0v) is 11.9. The van der Waals surface area contributed by atoms with Crippen LogP contribution in [0.25, 0.3) is 10.8 Å². The maximum Gasteiger partial charge on any atom is 0.193 e. The number of hydrogen-bond donors (Lipinski definition) is 1. The van der Waals surface area contributed by atoms with Gasteiger partial charge in [0.2, 0.25) is 0 Å². The molecule has 0 spiro atoms. The average Bonchev–Trinajstić information content (AvgIpc) is 2.91. The molecule has 0 aliphatic carbocycles. The van der Waals surface area contributed by atoms with Gasteiger partial charge in [-0.2, -0.15) is 0 Å². The van der Waals surface area contributed by atoms with E-state index in [9.17, 15) is 0 Å². The second-order valence-corrected chi connectivity index (χ2v) is 4.95. The van der Waals surface area contributed by atoms with Gasteiger partial charge in [-0.05, 0) is 35.7 Å². The van der Waals surface area contributed by atoms with Gasteiger partial charge in [-0.3, -0.25) is 4.98 Å². The number of hydrogen-bond acceptors (Lipinski definition) is 3. The maximum atomic E-state index is 5.90. The van der Waals surface area contributed by atoms with Gasteiger partial charge < -0.3 is 9.73 Å². The molecule has 1 unspecified atom stereocenters. The van der Waals surface area contributed by atoms with Gasteiger partial charge in [-0.1, -0.05) is 31.2 Å². The Morgan fingerprint density at radius 3 is 2.80 bits per heavy atom. The van der Waals surface area contributed by atoms with Crippen LogP contribution in [0.1, 0.15) is 24.3 Å². The van der Waals surface area contributed by atoms with E-state index in [1.54, 1.807) is 6.07 Å². The summed E-state index contributed by atoms with van der Waals surface area (Å²) in [6.45, 7) is 2.89. The number of benzene rings is 1. The Kier molecular flexibility index (Phi) is 3.72. The first-order valence-corrected chi connectivity index (χ1v) is 6.98. The number of aromatic nitrogens is 1. The summed E-state index contributed by atoms with van der Waals surface area (Å²) in [5.74, 6) is 0.801. The molecule has 0 saturated heterocycles. The number of halogens is 1. The van der Waals surface area contributed by atoms with Crippen molar-refractivity contribution in [2.75, 3.05) is 6.54 Å². The Morgan fingerprint density at radius 1 is 1.20 bits per heavy atom. The van der Waals surface area contributed by atoms with Crippen LogP contribution in [-0.4, -0.2) is 11.5 Å². The van der Waals surface area contributed by atoms with E-state index >= 15 is 0 Å². The summed E-state index contributed by atoms with van der Waals surface area (Å²) < 4.78 is 5.58. The lowest BCUT2D eigenvalue weighted by Gasteiger charge is -2.17. The molecular weight excluding hydrogens is 272 g/mol. The first-order chi connectivity index (χ1) is 9.79. The molecule has 3 aromatic rings. The fourth-order valence-electron chi connectivity index (χ4n) is 2.42. The molecule has 2 heterocycles. The lowest BCUT2D eigenvalue weighted by Crippen LogP contribution is -2.21. The average molecular weight is 287 g/mol. The molecule has 1 N–H and O–H groups in total. The summed E-state index contributed by atoms with van der Waals surface area (Å²) >= 11 is 5.90. The largest absolute Gasteiger partial charge is 0.448 e. The fourth-order valence-corrected chi connectivity index (χ4v) is 2.57. The van der Waals surface area contributed by atoms with Crippen LogP contribution in [0.5, 0.6) is 0 Å². The molecule has 1 aromatic carbocycles. The van der Waals surface area contributed by atoms with Gasteiger partial charge in [0, 0.05) is 23.3 Å². The predicted octanol–water partition coefficient (Wildman–Crippen LogP) is 4.18. The van der Waals surface area contributed by atoms with E-state index in [2.05, 4.69) is 29.4 Å². The molecule has 0 fully saturated rings. The van der Waals surface area contributed by atoms with E-state index in [4.69, 9.17) is 16.0 Å². The monoisotopic (exact) mass is 286 g/mol. The molecule has 0 radical (unpaired) electrons. The van der Waals surface area contributed by atoms with Crippen LogP contribution < -0.4 is 5.32 Å². The Morgan fingerprint density at radius 2 is 2.05 bits per heavy atom. The van der Waals surface area contributed by atoms with Gasteiger partial charge in [-0.25, -0.2) is 0 Å². The number of fused-ring (bicyclic) bond motifs is 1. The van der Waals surface area contributed by atoms with E-state index < -0.39 is 0 Å². The highest BCUT2D eigenvalue weighted by molar-refractivity contribution is 6.28. The van der Waals surface area contributed by atoms with E-state index in [0.29, 0.717) is 5.22 Å². The van der Waals surface area contributed by atoms with Crippen LogP contribution in [-0.2, 0) is 0 Å². The molecule has 20 heavy (non-hydrogen) atoms. The van der Waals surface area contributed by atoms with Gasteiger partial charge in [0.05, 0.1) is 6.04 Å². The minimum Gasteiger partial charge on any atom is -0.448 e. The third kappa shape index (κ3) is 2.42. The van der Waals surface area contributed by atoms with Crippen LogP contribution in [0.3, 0.4) is 0 Å². The Balaban J connectivity index is 2.14. The summed E-state index contributed by atoms with van der Waals surface area (Å²) in [7, 11) is 0. The van der Waals surface area contributed by atoms with Crippen LogP contribution in [0.15, 0.2) is 53.2 Å². The summed E-state index contributed by atoms with van der Waals surface area (Å²) in [6.07, 6.45) is 3.75. The van der Waals surface area contributed by atoms with Gasteiger partial charge in [0.25, 0.3) is 0 Å². The van der Waals surface area contributed by atoms with Gasteiger partial charge in [0.15, 0.2) is 5.22 Å². The second-order valence-electron chi connectivity index (χ2n) is 4.58. The van der Waals surface area contributed by atoms with Crippen molar-refractivity contribution in [3.8, 4) is 0 Å². The molecule has 102 valence electrons. The van der Waals surface area contributed by atoms with Crippen molar-refractivity contribution >= 4 is 22.4 Å². The van der Waals surface area contributed by atoms with Gasteiger partial charge in [0.1, 0.15) is 5.76 Å². The lowest BCUT2D eigenvalue weighted by atomic mass is 10.00. The molecule has 0 bridgehead atoms. The van der Waals surface area contributed by atoms with Crippen LogP contribution in [0, 0.1) is 0 Å². The third-order valence-electron chi connectivity index (χ3n) is 3.30. The maximum absolute atomic E-state index is 5.90. The number of nitrogens with zero attached hydrogens (tertiary/aromatic N) is 1. The summed E-state index contributed by atoms with van der Waals surface area (Å²) in [5, 5.41) is 6.11. The molecule has 3 rings (SSSR count). The van der Waals surface area contributed by atoms with Crippen molar-refractivity contribution < 1.29 is 4.42 Å². The first-order valence-electron chi connectivity index (χ1n) is 6.61. The highest BCUT2D eigenvalue weighted by Gasteiger charge is 2.19. The van der Waals surface area contributed by atoms with Gasteiger partial charge in [-0.15, -0.1) is 0 Å². The van der Waals surface area contributed by atoms with Gasteiger partial charge >= 0.3 is 0 Å². The highest BCUT2D eigenvalue weighted by atomic mass is 35.5. The Bertz CT molecular complexity index is 718. The summed E-state index contributed by atoms with van der Waals surface area (Å²) in [5.41, 5.74) is 1.09. The van der Waals surface area contributed by atoms with Crippen molar-refractivity contribution in [2.45, 2.75) is 13.0 Å². The smallest absolute Gasteiger partial charge is 0.193 e. The molecule has 0 amide bonds. The third-order valence-corrected chi connectivity index (χ3v) is 3.50. The topological polar surface area (TPSA) is 38.1 Å².